The van der Waals surface area contributed by atoms with E-state index in [1.54, 1.807) is 0 Å². The number of rotatable bonds is 6. The molecule has 3 nitrogen and oxygen atoms in total. The molecule has 0 saturated carbocycles. The van der Waals surface area contributed by atoms with Crippen molar-refractivity contribution in [3.8, 4) is 6.07 Å². The van der Waals surface area contributed by atoms with Crippen LogP contribution in [-0.2, 0) is 4.53 Å². The normalized spacial score (nSPS) is 12.6. The summed E-state index contributed by atoms with van der Waals surface area (Å²) in [5, 5.41) is 17.8. The van der Waals surface area contributed by atoms with E-state index >= 15 is 0 Å². The third-order valence-electron chi connectivity index (χ3n) is 6.16. The Morgan fingerprint density at radius 3 is 1.42 bits per heavy atom. The summed E-state index contributed by atoms with van der Waals surface area (Å²) in [5.41, 5.74) is 3.07. The maximum atomic E-state index is 9.76. The molecule has 0 unspecified atom stereocenters. The second-order valence-corrected chi connectivity index (χ2v) is 11.6. The Kier molecular flexibility index (Phi) is 6.84. The average molecular weight is 481 g/mol. The van der Waals surface area contributed by atoms with Gasteiger partial charge in [-0.25, -0.2) is 0 Å². The number of hydrogen-bond acceptors (Lipinski definition) is 3. The van der Waals surface area contributed by atoms with E-state index < -0.39 is 8.32 Å². The van der Waals surface area contributed by atoms with Gasteiger partial charge in [-0.1, -0.05) is 133 Å². The number of nitrogens with zero attached hydrogens (tertiary/aromatic N) is 2. The predicted octanol–water partition coefficient (Wildman–Crippen LogP) is 5.13. The van der Waals surface area contributed by atoms with E-state index in [0.29, 0.717) is 11.3 Å². The van der Waals surface area contributed by atoms with Gasteiger partial charge in [0.25, 0.3) is 0 Å². The molecule has 5 rings (SSSR count). The van der Waals surface area contributed by atoms with Crippen molar-refractivity contribution in [3.63, 3.8) is 0 Å². The fourth-order valence-corrected chi connectivity index (χ4v) is 7.93. The lowest BCUT2D eigenvalue weighted by Crippen LogP contribution is -2.68. The van der Waals surface area contributed by atoms with Gasteiger partial charge in [-0.05, 0) is 38.8 Å². The number of nitriles is 1. The van der Waals surface area contributed by atoms with Crippen molar-refractivity contribution >= 4 is 35.2 Å². The molecule has 4 aromatic rings. The highest BCUT2D eigenvalue weighted by Crippen LogP contribution is 2.22. The fourth-order valence-electron chi connectivity index (χ4n) is 4.39. The van der Waals surface area contributed by atoms with Crippen molar-refractivity contribution in [2.45, 2.75) is 0 Å². The Morgan fingerprint density at radius 2 is 1.00 bits per heavy atom. The van der Waals surface area contributed by atoms with Crippen LogP contribution < -0.4 is 15.6 Å². The third-order valence-corrected chi connectivity index (χ3v) is 9.96. The Labute approximate surface area is 212 Å². The molecule has 0 spiro atoms. The minimum Gasteiger partial charge on any atom is -0.437 e. The topological polar surface area (TPSA) is 45.4 Å². The number of oxime groups is 1. The van der Waals surface area contributed by atoms with E-state index in [4.69, 9.17) is 4.53 Å². The molecular weight excluding hydrogens is 456 g/mol. The van der Waals surface area contributed by atoms with Crippen LogP contribution in [0.3, 0.4) is 0 Å². The molecule has 4 heteroatoms. The van der Waals surface area contributed by atoms with E-state index in [1.807, 2.05) is 109 Å². The molecule has 4 aromatic carbocycles. The summed E-state index contributed by atoms with van der Waals surface area (Å²) in [4.78, 5) is 0. The highest BCUT2D eigenvalue weighted by Gasteiger charge is 2.44. The van der Waals surface area contributed by atoms with Crippen molar-refractivity contribution < 1.29 is 4.53 Å². The summed E-state index contributed by atoms with van der Waals surface area (Å²) in [6.07, 6.45) is 7.64. The summed E-state index contributed by atoms with van der Waals surface area (Å²) < 4.78 is 6.68. The van der Waals surface area contributed by atoms with Crippen molar-refractivity contribution in [1.82, 2.24) is 0 Å². The molecule has 0 atom stereocenters. The molecule has 0 amide bonds. The van der Waals surface area contributed by atoms with Crippen LogP contribution in [0.25, 0.3) is 5.57 Å². The first kappa shape index (κ1) is 23.0. The lowest BCUT2D eigenvalue weighted by atomic mass is 9.97. The van der Waals surface area contributed by atoms with Gasteiger partial charge < -0.3 is 4.53 Å². The van der Waals surface area contributed by atoms with Crippen LogP contribution in [0, 0.1) is 11.3 Å². The summed E-state index contributed by atoms with van der Waals surface area (Å²) in [5.74, 6) is 0. The fraction of sp³-hybridized carbons (Fsp3) is 0. The summed E-state index contributed by atoms with van der Waals surface area (Å²) in [7, 11) is -2.93. The summed E-state index contributed by atoms with van der Waals surface area (Å²) in [6.45, 7) is 0. The summed E-state index contributed by atoms with van der Waals surface area (Å²) in [6, 6.07) is 43.1. The maximum Gasteiger partial charge on any atom is 0.380 e. The van der Waals surface area contributed by atoms with Gasteiger partial charge in [-0.3, -0.25) is 0 Å². The van der Waals surface area contributed by atoms with E-state index in [2.05, 4.69) is 47.6 Å². The molecular formula is C32H24N2OSi. The highest BCUT2D eigenvalue weighted by atomic mass is 28.4. The maximum absolute atomic E-state index is 9.76. The van der Waals surface area contributed by atoms with Gasteiger partial charge >= 0.3 is 8.32 Å². The number of allylic oxidation sites excluding steroid dienone is 6. The van der Waals surface area contributed by atoms with E-state index in [0.717, 1.165) is 26.7 Å². The molecule has 0 radical (unpaired) electrons. The summed E-state index contributed by atoms with van der Waals surface area (Å²) >= 11 is 0. The SMILES string of the molecule is N#CC(=C1C=CC(=NO[Si](c2ccccc2)(c2ccccc2)c2ccccc2)C=C1)c1ccccc1. The minimum absolute atomic E-state index is 0.629. The van der Waals surface area contributed by atoms with Crippen molar-refractivity contribution in [2.24, 2.45) is 5.16 Å². The van der Waals surface area contributed by atoms with Crippen LogP contribution in [0.5, 0.6) is 0 Å². The minimum atomic E-state index is -2.93. The first-order valence-electron chi connectivity index (χ1n) is 11.8. The van der Waals surface area contributed by atoms with Gasteiger partial charge in [0.1, 0.15) is 11.8 Å². The van der Waals surface area contributed by atoms with Gasteiger partial charge in [-0.15, -0.1) is 5.16 Å². The Morgan fingerprint density at radius 1 is 0.583 bits per heavy atom. The van der Waals surface area contributed by atoms with Crippen LogP contribution in [0.2, 0.25) is 0 Å². The molecule has 1 aliphatic carbocycles. The van der Waals surface area contributed by atoms with Crippen LogP contribution in [-0.4, -0.2) is 14.0 Å². The Bertz CT molecular complexity index is 1370. The monoisotopic (exact) mass is 480 g/mol. The third kappa shape index (κ3) is 4.61. The molecule has 0 aromatic heterocycles. The van der Waals surface area contributed by atoms with E-state index in [1.165, 1.54) is 0 Å². The zero-order chi connectivity index (χ0) is 24.6. The largest absolute Gasteiger partial charge is 0.437 e. The van der Waals surface area contributed by atoms with E-state index in [9.17, 15) is 5.26 Å². The molecule has 36 heavy (non-hydrogen) atoms. The smallest absolute Gasteiger partial charge is 0.380 e. The van der Waals surface area contributed by atoms with Crippen molar-refractivity contribution in [3.05, 3.63) is 157 Å². The Hall–Kier alpha value is -4.72. The first-order valence-corrected chi connectivity index (χ1v) is 13.7. The lowest BCUT2D eigenvalue weighted by molar-refractivity contribution is 0.350. The molecule has 0 heterocycles. The Balaban J connectivity index is 1.56. The molecule has 0 fully saturated rings. The van der Waals surface area contributed by atoms with Gasteiger partial charge in [0, 0.05) is 0 Å². The quantitative estimate of drug-likeness (QED) is 0.166. The second-order valence-electron chi connectivity index (χ2n) is 8.36. The molecule has 0 bridgehead atoms. The standard InChI is InChI=1S/C32H24N2OSi/c33-25-32(26-13-5-1-6-14-26)27-21-23-28(24-22-27)34-35-36(29-15-7-2-8-16-29,30-17-9-3-10-18-30)31-19-11-4-12-20-31/h1-24H. The second kappa shape index (κ2) is 10.7. The highest BCUT2D eigenvalue weighted by molar-refractivity contribution is 7.07. The van der Waals surface area contributed by atoms with Crippen molar-refractivity contribution in [2.75, 3.05) is 0 Å². The molecule has 0 N–H and O–H groups in total. The van der Waals surface area contributed by atoms with E-state index in [-0.39, 0.29) is 0 Å². The van der Waals surface area contributed by atoms with Crippen LogP contribution >= 0.6 is 0 Å². The molecule has 0 aliphatic heterocycles. The molecule has 0 saturated heterocycles. The van der Waals surface area contributed by atoms with Gasteiger partial charge in [0.2, 0.25) is 0 Å². The zero-order valence-electron chi connectivity index (χ0n) is 19.7. The number of hydrogen-bond donors (Lipinski definition) is 0. The van der Waals surface area contributed by atoms with Crippen LogP contribution in [0.4, 0.5) is 0 Å². The molecule has 172 valence electrons. The number of benzene rings is 4. The molecule has 1 aliphatic rings. The van der Waals surface area contributed by atoms with Gasteiger partial charge in [-0.2, -0.15) is 5.26 Å². The van der Waals surface area contributed by atoms with Crippen LogP contribution in [0.1, 0.15) is 5.56 Å². The zero-order valence-corrected chi connectivity index (χ0v) is 20.7. The predicted molar refractivity (Wildman–Crippen MR) is 150 cm³/mol. The lowest BCUT2D eigenvalue weighted by Gasteiger charge is -2.30. The van der Waals surface area contributed by atoms with Crippen LogP contribution in [0.15, 0.2) is 156 Å². The van der Waals surface area contributed by atoms with Gasteiger partial charge in [0.05, 0.1) is 5.57 Å². The first-order chi connectivity index (χ1) is 17.8. The van der Waals surface area contributed by atoms with Crippen molar-refractivity contribution in [1.29, 1.82) is 5.26 Å². The average Bonchev–Trinajstić information content (AvgIpc) is 2.97. The van der Waals surface area contributed by atoms with Gasteiger partial charge in [0.15, 0.2) is 0 Å².